The minimum absolute atomic E-state index is 0.0123. The maximum Gasteiger partial charge on any atom is 0.317 e. The molecule has 0 bridgehead atoms. The van der Waals surface area contributed by atoms with Crippen LogP contribution in [-0.2, 0) is 6.42 Å². The second-order valence-corrected chi connectivity index (χ2v) is 9.15. The molecule has 0 saturated carbocycles. The lowest BCUT2D eigenvalue weighted by atomic mass is 9.99. The molecule has 2 aliphatic rings. The molecule has 3 amide bonds. The molecule has 1 saturated heterocycles. The highest BCUT2D eigenvalue weighted by atomic mass is 79.9. The number of nitrogens with zero attached hydrogens (tertiary/aromatic N) is 2. The van der Waals surface area contributed by atoms with E-state index in [-0.39, 0.29) is 23.8 Å². The number of halogens is 2. The number of aryl methyl sites for hydroxylation is 1. The zero-order valence-corrected chi connectivity index (χ0v) is 19.0. The van der Waals surface area contributed by atoms with Gasteiger partial charge in [0.15, 0.2) is 0 Å². The molecule has 31 heavy (non-hydrogen) atoms. The van der Waals surface area contributed by atoms with Crippen LogP contribution < -0.4 is 5.32 Å². The Balaban J connectivity index is 1.39. The van der Waals surface area contributed by atoms with Crippen molar-refractivity contribution in [3.8, 4) is 0 Å². The predicted molar refractivity (Wildman–Crippen MR) is 121 cm³/mol. The lowest BCUT2D eigenvalue weighted by Crippen LogP contribution is -2.44. The highest BCUT2D eigenvalue weighted by molar-refractivity contribution is 9.10. The Hall–Kier alpha value is -2.41. The largest absolute Gasteiger partial charge is 0.337 e. The summed E-state index contributed by atoms with van der Waals surface area (Å²) < 4.78 is 14.2. The maximum absolute atomic E-state index is 13.1. The summed E-state index contributed by atoms with van der Waals surface area (Å²) in [5.74, 6) is -0.478. The second-order valence-electron chi connectivity index (χ2n) is 8.23. The minimum Gasteiger partial charge on any atom is -0.337 e. The quantitative estimate of drug-likeness (QED) is 0.611. The average Bonchev–Trinajstić information content (AvgIpc) is 3.12. The van der Waals surface area contributed by atoms with Gasteiger partial charge in [-0.1, -0.05) is 28.4 Å². The molecule has 1 aliphatic carbocycles. The van der Waals surface area contributed by atoms with Gasteiger partial charge in [0.2, 0.25) is 0 Å². The van der Waals surface area contributed by atoms with E-state index >= 15 is 0 Å². The van der Waals surface area contributed by atoms with E-state index in [4.69, 9.17) is 0 Å². The van der Waals surface area contributed by atoms with Gasteiger partial charge >= 0.3 is 6.03 Å². The Labute approximate surface area is 190 Å². The number of urea groups is 1. The molecule has 4 rings (SSSR count). The van der Waals surface area contributed by atoms with Crippen LogP contribution in [0, 0.1) is 5.82 Å². The van der Waals surface area contributed by atoms with E-state index in [1.807, 2.05) is 6.07 Å². The molecular formula is C24H27BrFN3O2. The van der Waals surface area contributed by atoms with Crippen molar-refractivity contribution < 1.29 is 14.0 Å². The monoisotopic (exact) mass is 487 g/mol. The molecule has 1 N–H and O–H groups in total. The van der Waals surface area contributed by atoms with Crippen LogP contribution in [0.1, 0.15) is 53.2 Å². The van der Waals surface area contributed by atoms with Crippen molar-refractivity contribution in [2.75, 3.05) is 26.2 Å². The molecule has 164 valence electrons. The number of rotatable bonds is 2. The number of benzene rings is 2. The van der Waals surface area contributed by atoms with Crippen molar-refractivity contribution in [1.82, 2.24) is 15.1 Å². The molecule has 0 radical (unpaired) electrons. The Bertz CT molecular complexity index is 950. The van der Waals surface area contributed by atoms with E-state index in [0.717, 1.165) is 30.2 Å². The summed E-state index contributed by atoms with van der Waals surface area (Å²) in [6, 6.07) is 11.9. The summed E-state index contributed by atoms with van der Waals surface area (Å²) in [6.45, 7) is 2.15. The fourth-order valence-electron chi connectivity index (χ4n) is 4.44. The second kappa shape index (κ2) is 9.81. The summed E-state index contributed by atoms with van der Waals surface area (Å²) in [4.78, 5) is 29.3. The number of hydrogen-bond donors (Lipinski definition) is 1. The molecule has 7 heteroatoms. The molecule has 2 aromatic rings. The fraction of sp³-hybridized carbons (Fsp3) is 0.417. The van der Waals surface area contributed by atoms with Gasteiger partial charge < -0.3 is 15.1 Å². The summed E-state index contributed by atoms with van der Waals surface area (Å²) >= 11 is 3.55. The lowest BCUT2D eigenvalue weighted by molar-refractivity contribution is 0.0762. The van der Waals surface area contributed by atoms with Crippen LogP contribution in [0.3, 0.4) is 0 Å². The van der Waals surface area contributed by atoms with Gasteiger partial charge in [-0.05, 0) is 73.2 Å². The molecule has 1 aliphatic heterocycles. The molecular weight excluding hydrogens is 461 g/mol. The molecule has 2 aromatic carbocycles. The van der Waals surface area contributed by atoms with Gasteiger partial charge in [-0.25, -0.2) is 9.18 Å². The number of nitrogens with one attached hydrogen (secondary N) is 1. The highest BCUT2D eigenvalue weighted by Crippen LogP contribution is 2.31. The third-order valence-corrected chi connectivity index (χ3v) is 6.62. The van der Waals surface area contributed by atoms with E-state index in [2.05, 4.69) is 33.4 Å². The molecule has 1 heterocycles. The normalized spacial score (nSPS) is 19.2. The van der Waals surface area contributed by atoms with E-state index in [9.17, 15) is 14.0 Å². The average molecular weight is 488 g/mol. The third kappa shape index (κ3) is 5.26. The predicted octanol–water partition coefficient (Wildman–Crippen LogP) is 4.91. The Morgan fingerprint density at radius 2 is 1.68 bits per heavy atom. The smallest absolute Gasteiger partial charge is 0.317 e. The van der Waals surface area contributed by atoms with Gasteiger partial charge in [-0.15, -0.1) is 0 Å². The number of amides is 3. The van der Waals surface area contributed by atoms with E-state index < -0.39 is 0 Å². The first-order valence-corrected chi connectivity index (χ1v) is 11.7. The van der Waals surface area contributed by atoms with Crippen molar-refractivity contribution in [3.05, 3.63) is 69.4 Å². The van der Waals surface area contributed by atoms with Gasteiger partial charge in [0.1, 0.15) is 5.82 Å². The van der Waals surface area contributed by atoms with Crippen LogP contribution in [-0.4, -0.2) is 47.9 Å². The van der Waals surface area contributed by atoms with Crippen molar-refractivity contribution in [1.29, 1.82) is 0 Å². The summed E-state index contributed by atoms with van der Waals surface area (Å²) in [5.41, 5.74) is 2.97. The lowest BCUT2D eigenvalue weighted by Gasteiger charge is -2.26. The molecule has 0 spiro atoms. The SMILES string of the molecule is O=C(NC1CCCCc2cc(Br)ccc21)N1CCCN(C(=O)c2ccc(F)cc2)CC1. The first kappa shape index (κ1) is 21.8. The molecule has 1 atom stereocenters. The van der Waals surface area contributed by atoms with Gasteiger partial charge in [-0.3, -0.25) is 4.79 Å². The van der Waals surface area contributed by atoms with Gasteiger partial charge in [0, 0.05) is 36.2 Å². The van der Waals surface area contributed by atoms with Gasteiger partial charge in [0.25, 0.3) is 5.91 Å². The van der Waals surface area contributed by atoms with Crippen LogP contribution in [0.15, 0.2) is 46.9 Å². The topological polar surface area (TPSA) is 52.7 Å². The Kier molecular flexibility index (Phi) is 6.90. The first-order valence-electron chi connectivity index (χ1n) is 10.9. The van der Waals surface area contributed by atoms with E-state index in [1.165, 1.54) is 35.4 Å². The highest BCUT2D eigenvalue weighted by Gasteiger charge is 2.26. The third-order valence-electron chi connectivity index (χ3n) is 6.13. The van der Waals surface area contributed by atoms with Crippen molar-refractivity contribution >= 4 is 27.9 Å². The van der Waals surface area contributed by atoms with Crippen LogP contribution in [0.25, 0.3) is 0 Å². The summed E-state index contributed by atoms with van der Waals surface area (Å²) in [6.07, 6.45) is 4.89. The zero-order chi connectivity index (χ0) is 21.8. The molecule has 1 fully saturated rings. The zero-order valence-electron chi connectivity index (χ0n) is 17.4. The van der Waals surface area contributed by atoms with E-state index in [1.54, 1.807) is 9.80 Å². The Morgan fingerprint density at radius 1 is 0.935 bits per heavy atom. The van der Waals surface area contributed by atoms with Crippen molar-refractivity contribution in [3.63, 3.8) is 0 Å². The van der Waals surface area contributed by atoms with Gasteiger partial charge in [0.05, 0.1) is 6.04 Å². The number of carbonyl (C=O) groups excluding carboxylic acids is 2. The number of carbonyl (C=O) groups is 2. The minimum atomic E-state index is -0.359. The Morgan fingerprint density at radius 3 is 2.48 bits per heavy atom. The summed E-state index contributed by atoms with van der Waals surface area (Å²) in [7, 11) is 0. The number of fused-ring (bicyclic) bond motifs is 1. The number of hydrogen-bond acceptors (Lipinski definition) is 2. The molecule has 0 aromatic heterocycles. The van der Waals surface area contributed by atoms with Crippen LogP contribution in [0.4, 0.5) is 9.18 Å². The van der Waals surface area contributed by atoms with Crippen LogP contribution in [0.2, 0.25) is 0 Å². The standard InChI is InChI=1S/C24H27BrFN3O2/c25-19-8-11-21-18(16-19)4-1-2-5-22(21)27-24(31)29-13-3-12-28(14-15-29)23(30)17-6-9-20(26)10-7-17/h6-11,16,22H,1-5,12-15H2,(H,27,31). The van der Waals surface area contributed by atoms with Gasteiger partial charge in [-0.2, -0.15) is 0 Å². The van der Waals surface area contributed by atoms with Crippen molar-refractivity contribution in [2.24, 2.45) is 0 Å². The van der Waals surface area contributed by atoms with Crippen molar-refractivity contribution in [2.45, 2.75) is 38.1 Å². The summed E-state index contributed by atoms with van der Waals surface area (Å²) in [5, 5.41) is 3.24. The van der Waals surface area contributed by atoms with Crippen LogP contribution in [0.5, 0.6) is 0 Å². The fourth-order valence-corrected chi connectivity index (χ4v) is 4.85. The maximum atomic E-state index is 13.1. The van der Waals surface area contributed by atoms with E-state index in [0.29, 0.717) is 38.2 Å². The molecule has 5 nitrogen and oxygen atoms in total. The first-order chi connectivity index (χ1) is 15.0. The van der Waals surface area contributed by atoms with Crippen LogP contribution >= 0.6 is 15.9 Å². The molecule has 1 unspecified atom stereocenters.